The fourth-order valence-electron chi connectivity index (χ4n) is 3.14. The standard InChI is InChI=1S/C20H23ClFN3O3S.C2HF3O2/c21-18-3-1-2-17(14-18)20(26)24(15-16-4-6-19(22)7-5-16)12-13-29(27,28)25-10-8-23-9-11-25;3-2(4,5)1(6)7/h1-7,14,23H,8-13,15H2;(H,6,7). The van der Waals surface area contributed by atoms with Crippen LogP contribution in [0.3, 0.4) is 0 Å². The summed E-state index contributed by atoms with van der Waals surface area (Å²) in [6, 6.07) is 12.3. The molecule has 1 heterocycles. The maximum Gasteiger partial charge on any atom is 0.490 e. The first kappa shape index (κ1) is 29.5. The van der Waals surface area contributed by atoms with Crippen molar-refractivity contribution < 1.29 is 40.7 Å². The van der Waals surface area contributed by atoms with Crippen LogP contribution in [0.5, 0.6) is 0 Å². The third-order valence-electron chi connectivity index (χ3n) is 4.98. The number of benzene rings is 2. The molecule has 0 spiro atoms. The second-order valence-electron chi connectivity index (χ2n) is 7.63. The van der Waals surface area contributed by atoms with Crippen molar-refractivity contribution in [2.24, 2.45) is 0 Å². The van der Waals surface area contributed by atoms with Crippen LogP contribution in [0.2, 0.25) is 5.02 Å². The Morgan fingerprint density at radius 1 is 1.08 bits per heavy atom. The van der Waals surface area contributed by atoms with E-state index in [4.69, 9.17) is 21.5 Å². The first-order valence-electron chi connectivity index (χ1n) is 10.6. The topological polar surface area (TPSA) is 107 Å². The molecule has 1 fully saturated rings. The van der Waals surface area contributed by atoms with E-state index in [1.165, 1.54) is 21.3 Å². The minimum absolute atomic E-state index is 0.0228. The Bertz CT molecular complexity index is 1140. The van der Waals surface area contributed by atoms with Crippen molar-refractivity contribution in [2.75, 3.05) is 38.5 Å². The number of alkyl halides is 3. The number of carbonyl (C=O) groups excluding carboxylic acids is 1. The molecule has 2 N–H and O–H groups in total. The van der Waals surface area contributed by atoms with E-state index in [1.807, 2.05) is 0 Å². The first-order chi connectivity index (χ1) is 16.8. The summed E-state index contributed by atoms with van der Waals surface area (Å²) in [5.74, 6) is -3.64. The van der Waals surface area contributed by atoms with Crippen LogP contribution in [0.25, 0.3) is 0 Å². The Kier molecular flexibility index (Phi) is 10.6. The van der Waals surface area contributed by atoms with Crippen LogP contribution in [-0.4, -0.2) is 79.3 Å². The van der Waals surface area contributed by atoms with Gasteiger partial charge in [-0.1, -0.05) is 29.8 Å². The molecule has 1 amide bonds. The number of sulfonamides is 1. The van der Waals surface area contributed by atoms with E-state index in [1.54, 1.807) is 36.4 Å². The largest absolute Gasteiger partial charge is 0.490 e. The van der Waals surface area contributed by atoms with Crippen molar-refractivity contribution >= 4 is 33.5 Å². The van der Waals surface area contributed by atoms with Crippen molar-refractivity contribution in [1.82, 2.24) is 14.5 Å². The van der Waals surface area contributed by atoms with E-state index in [-0.39, 0.29) is 30.6 Å². The minimum atomic E-state index is -5.08. The van der Waals surface area contributed by atoms with Crippen molar-refractivity contribution in [3.8, 4) is 0 Å². The summed E-state index contributed by atoms with van der Waals surface area (Å²) in [6.07, 6.45) is -5.08. The van der Waals surface area contributed by atoms with Crippen LogP contribution in [0.15, 0.2) is 48.5 Å². The zero-order valence-corrected chi connectivity index (χ0v) is 20.4. The zero-order valence-electron chi connectivity index (χ0n) is 18.8. The third kappa shape index (κ3) is 9.37. The lowest BCUT2D eigenvalue weighted by atomic mass is 10.1. The molecule has 0 atom stereocenters. The molecule has 0 saturated carbocycles. The summed E-state index contributed by atoms with van der Waals surface area (Å²) in [4.78, 5) is 23.4. The summed E-state index contributed by atoms with van der Waals surface area (Å²) < 4.78 is 71.8. The van der Waals surface area contributed by atoms with E-state index >= 15 is 0 Å². The molecule has 0 bridgehead atoms. The quantitative estimate of drug-likeness (QED) is 0.511. The van der Waals surface area contributed by atoms with E-state index < -0.39 is 22.2 Å². The van der Waals surface area contributed by atoms with Gasteiger partial charge in [0, 0.05) is 49.9 Å². The molecular formula is C22H24ClF4N3O5S. The number of amides is 1. The molecule has 0 unspecified atom stereocenters. The maximum absolute atomic E-state index is 13.2. The molecule has 2 aromatic rings. The molecule has 0 radical (unpaired) electrons. The average molecular weight is 554 g/mol. The number of hydrogen-bond donors (Lipinski definition) is 2. The summed E-state index contributed by atoms with van der Waals surface area (Å²) in [6.45, 7) is 2.25. The molecular weight excluding hydrogens is 530 g/mol. The van der Waals surface area contributed by atoms with Gasteiger partial charge in [0.2, 0.25) is 10.0 Å². The minimum Gasteiger partial charge on any atom is -0.475 e. The number of piperazine rings is 1. The number of rotatable bonds is 7. The number of nitrogens with zero attached hydrogens (tertiary/aromatic N) is 2. The number of aliphatic carboxylic acids is 1. The molecule has 1 saturated heterocycles. The number of halogens is 5. The van der Waals surface area contributed by atoms with Gasteiger partial charge in [-0.05, 0) is 35.9 Å². The molecule has 1 aliphatic rings. The highest BCUT2D eigenvalue weighted by atomic mass is 35.5. The summed E-state index contributed by atoms with van der Waals surface area (Å²) in [7, 11) is -3.49. The van der Waals surface area contributed by atoms with Gasteiger partial charge in [0.25, 0.3) is 5.91 Å². The Labute approximate surface area is 210 Å². The highest BCUT2D eigenvalue weighted by Crippen LogP contribution is 2.16. The monoisotopic (exact) mass is 553 g/mol. The van der Waals surface area contributed by atoms with E-state index in [9.17, 15) is 30.8 Å². The highest BCUT2D eigenvalue weighted by molar-refractivity contribution is 7.89. The van der Waals surface area contributed by atoms with Gasteiger partial charge in [-0.15, -0.1) is 0 Å². The molecule has 14 heteroatoms. The van der Waals surface area contributed by atoms with Gasteiger partial charge in [0.1, 0.15) is 5.82 Å². The third-order valence-corrected chi connectivity index (χ3v) is 7.06. The molecule has 198 valence electrons. The molecule has 0 aromatic heterocycles. The molecule has 3 rings (SSSR count). The van der Waals surface area contributed by atoms with Crippen LogP contribution in [-0.2, 0) is 21.4 Å². The van der Waals surface area contributed by atoms with Gasteiger partial charge >= 0.3 is 12.1 Å². The Hall–Kier alpha value is -2.74. The maximum atomic E-state index is 13.2. The van der Waals surface area contributed by atoms with Crippen molar-refractivity contribution in [3.05, 3.63) is 70.5 Å². The van der Waals surface area contributed by atoms with E-state index in [0.717, 1.165) is 0 Å². The van der Waals surface area contributed by atoms with Crippen molar-refractivity contribution in [3.63, 3.8) is 0 Å². The lowest BCUT2D eigenvalue weighted by Crippen LogP contribution is -2.48. The second kappa shape index (κ2) is 13.0. The van der Waals surface area contributed by atoms with Gasteiger partial charge in [-0.3, -0.25) is 4.79 Å². The van der Waals surface area contributed by atoms with Crippen LogP contribution in [0, 0.1) is 5.82 Å². The summed E-state index contributed by atoms with van der Waals surface area (Å²) in [5, 5.41) is 10.7. The number of nitrogens with one attached hydrogen (secondary N) is 1. The van der Waals surface area contributed by atoms with E-state index in [2.05, 4.69) is 5.32 Å². The smallest absolute Gasteiger partial charge is 0.475 e. The Morgan fingerprint density at radius 3 is 2.19 bits per heavy atom. The van der Waals surface area contributed by atoms with Gasteiger partial charge in [0.15, 0.2) is 0 Å². The lowest BCUT2D eigenvalue weighted by Gasteiger charge is -2.28. The molecule has 2 aromatic carbocycles. The van der Waals surface area contributed by atoms with Gasteiger partial charge in [0.05, 0.1) is 5.75 Å². The number of carboxylic acid groups (broad SMARTS) is 1. The zero-order chi connectivity index (χ0) is 26.9. The average Bonchev–Trinajstić information content (AvgIpc) is 2.83. The van der Waals surface area contributed by atoms with Crippen molar-refractivity contribution in [2.45, 2.75) is 12.7 Å². The molecule has 8 nitrogen and oxygen atoms in total. The first-order valence-corrected chi connectivity index (χ1v) is 12.6. The normalized spacial score (nSPS) is 14.5. The number of hydrogen-bond acceptors (Lipinski definition) is 5. The second-order valence-corrected chi connectivity index (χ2v) is 10.2. The summed E-state index contributed by atoms with van der Waals surface area (Å²) >= 11 is 6.00. The summed E-state index contributed by atoms with van der Waals surface area (Å²) in [5.41, 5.74) is 1.08. The molecule has 36 heavy (non-hydrogen) atoms. The fourth-order valence-corrected chi connectivity index (χ4v) is 4.78. The Morgan fingerprint density at radius 2 is 1.67 bits per heavy atom. The van der Waals surface area contributed by atoms with Crippen LogP contribution >= 0.6 is 11.6 Å². The predicted molar refractivity (Wildman–Crippen MR) is 125 cm³/mol. The molecule has 1 aliphatic heterocycles. The van der Waals surface area contributed by atoms with Gasteiger partial charge < -0.3 is 15.3 Å². The van der Waals surface area contributed by atoms with E-state index in [0.29, 0.717) is 42.3 Å². The van der Waals surface area contributed by atoms with Crippen LogP contribution in [0.4, 0.5) is 17.6 Å². The fraction of sp³-hybridized carbons (Fsp3) is 0.364. The number of carboxylic acids is 1. The molecule has 0 aliphatic carbocycles. The van der Waals surface area contributed by atoms with Gasteiger partial charge in [-0.2, -0.15) is 17.5 Å². The van der Waals surface area contributed by atoms with Crippen molar-refractivity contribution in [1.29, 1.82) is 0 Å². The van der Waals surface area contributed by atoms with Gasteiger partial charge in [-0.25, -0.2) is 17.6 Å². The number of carbonyl (C=O) groups is 2. The lowest BCUT2D eigenvalue weighted by molar-refractivity contribution is -0.192. The van der Waals surface area contributed by atoms with Crippen LogP contribution in [0.1, 0.15) is 15.9 Å². The van der Waals surface area contributed by atoms with Crippen LogP contribution < -0.4 is 5.32 Å². The Balaban J connectivity index is 0.000000572. The SMILES string of the molecule is O=C(O)C(F)(F)F.O=C(c1cccc(Cl)c1)N(CCS(=O)(=O)N1CCNCC1)Cc1ccc(F)cc1. The highest BCUT2D eigenvalue weighted by Gasteiger charge is 2.38. The predicted octanol–water partition coefficient (Wildman–Crippen LogP) is 2.99.